The fraction of sp³-hybridized carbons (Fsp3) is 0.438. The molecule has 4 nitrogen and oxygen atoms in total. The summed E-state index contributed by atoms with van der Waals surface area (Å²) < 4.78 is 5.36. The van der Waals surface area contributed by atoms with Crippen LogP contribution in [0.5, 0.6) is 0 Å². The Morgan fingerprint density at radius 2 is 2.20 bits per heavy atom. The highest BCUT2D eigenvalue weighted by Gasteiger charge is 2.06. The minimum absolute atomic E-state index is 0.149. The number of carbonyl (C=O) groups is 1. The van der Waals surface area contributed by atoms with Crippen LogP contribution in [0.3, 0.4) is 0 Å². The number of rotatable bonds is 5. The average molecular weight is 275 g/mol. The Balaban J connectivity index is 2.64. The number of amides is 1. The summed E-state index contributed by atoms with van der Waals surface area (Å²) in [5.41, 5.74) is 2.29. The summed E-state index contributed by atoms with van der Waals surface area (Å²) in [5.74, 6) is 5.28. The molecule has 1 aromatic carbocycles. The van der Waals surface area contributed by atoms with Crippen LogP contribution in [-0.2, 0) is 4.74 Å². The summed E-state index contributed by atoms with van der Waals surface area (Å²) in [6.07, 6.45) is 0.159. The van der Waals surface area contributed by atoms with Gasteiger partial charge in [0.25, 0.3) is 5.91 Å². The number of aryl methyl sites for hydroxylation is 1. The Bertz CT molecular complexity index is 512. The summed E-state index contributed by atoms with van der Waals surface area (Å²) in [4.78, 5) is 12.0. The molecule has 1 aromatic rings. The zero-order valence-corrected chi connectivity index (χ0v) is 12.2. The maximum Gasteiger partial charge on any atom is 0.251 e. The van der Waals surface area contributed by atoms with Crippen molar-refractivity contribution in [2.75, 3.05) is 19.8 Å². The first-order valence-electron chi connectivity index (χ1n) is 6.64. The summed E-state index contributed by atoms with van der Waals surface area (Å²) in [6.45, 7) is 6.60. The minimum Gasteiger partial charge on any atom is -0.384 e. The molecular formula is C16H21NO3. The number of nitrogens with one attached hydrogen (secondary N) is 1. The van der Waals surface area contributed by atoms with Crippen LogP contribution in [-0.4, -0.2) is 36.9 Å². The van der Waals surface area contributed by atoms with E-state index in [4.69, 9.17) is 9.84 Å². The molecule has 0 aliphatic carbocycles. The van der Waals surface area contributed by atoms with Crippen LogP contribution in [0, 0.1) is 18.8 Å². The van der Waals surface area contributed by atoms with Crippen LogP contribution in [0.4, 0.5) is 0 Å². The number of ether oxygens (including phenoxy) is 1. The van der Waals surface area contributed by atoms with E-state index in [1.807, 2.05) is 26.8 Å². The molecule has 108 valence electrons. The van der Waals surface area contributed by atoms with E-state index in [1.54, 1.807) is 12.1 Å². The van der Waals surface area contributed by atoms with Crippen molar-refractivity contribution in [2.24, 2.45) is 0 Å². The zero-order valence-electron chi connectivity index (χ0n) is 12.2. The van der Waals surface area contributed by atoms with E-state index in [0.717, 1.165) is 11.1 Å². The number of hydrogen-bond acceptors (Lipinski definition) is 3. The molecule has 0 heterocycles. The van der Waals surface area contributed by atoms with Crippen LogP contribution in [0.15, 0.2) is 18.2 Å². The predicted octanol–water partition coefficient (Wildman–Crippen LogP) is 1.49. The van der Waals surface area contributed by atoms with Gasteiger partial charge in [0.2, 0.25) is 0 Å². The third kappa shape index (κ3) is 5.43. The maximum atomic E-state index is 12.0. The summed E-state index contributed by atoms with van der Waals surface area (Å²) in [7, 11) is 0. The van der Waals surface area contributed by atoms with Crippen LogP contribution < -0.4 is 5.32 Å². The van der Waals surface area contributed by atoms with Crippen molar-refractivity contribution in [2.45, 2.75) is 26.9 Å². The molecule has 1 rings (SSSR count). The fourth-order valence-electron chi connectivity index (χ4n) is 1.59. The molecular weight excluding hydrogens is 254 g/mol. The Labute approximate surface area is 120 Å². The molecule has 0 atom stereocenters. The third-order valence-electron chi connectivity index (χ3n) is 2.64. The predicted molar refractivity (Wildman–Crippen MR) is 78.6 cm³/mol. The molecule has 0 aromatic heterocycles. The van der Waals surface area contributed by atoms with E-state index in [1.165, 1.54) is 0 Å². The lowest BCUT2D eigenvalue weighted by Gasteiger charge is -2.09. The average Bonchev–Trinajstić information content (AvgIpc) is 2.42. The Kier molecular flexibility index (Phi) is 6.78. The summed E-state index contributed by atoms with van der Waals surface area (Å²) in [6, 6.07) is 5.34. The lowest BCUT2D eigenvalue weighted by atomic mass is 10.0. The fourth-order valence-corrected chi connectivity index (χ4v) is 1.59. The first-order valence-corrected chi connectivity index (χ1v) is 6.64. The summed E-state index contributed by atoms with van der Waals surface area (Å²) in [5, 5.41) is 11.5. The minimum atomic E-state index is -0.192. The Morgan fingerprint density at radius 3 is 2.85 bits per heavy atom. The first kappa shape index (κ1) is 16.2. The number of carbonyl (C=O) groups excluding carboxylic acids is 1. The van der Waals surface area contributed by atoms with Gasteiger partial charge in [-0.1, -0.05) is 17.9 Å². The smallest absolute Gasteiger partial charge is 0.251 e. The van der Waals surface area contributed by atoms with Crippen LogP contribution >= 0.6 is 0 Å². The van der Waals surface area contributed by atoms with Gasteiger partial charge >= 0.3 is 0 Å². The van der Waals surface area contributed by atoms with E-state index in [-0.39, 0.29) is 18.6 Å². The first-order chi connectivity index (χ1) is 9.54. The second-order valence-corrected chi connectivity index (χ2v) is 4.67. The Hall–Kier alpha value is -1.83. The Morgan fingerprint density at radius 1 is 1.45 bits per heavy atom. The standard InChI is InChI=1S/C16H21NO3/c1-12(2)20-10-8-17-16(19)15-7-6-13(3)14(11-15)5-4-9-18/h6-7,11-12,18H,8-10H2,1-3H3,(H,17,19). The molecule has 0 fully saturated rings. The van der Waals surface area contributed by atoms with Crippen molar-refractivity contribution in [3.8, 4) is 11.8 Å². The molecule has 0 spiro atoms. The molecule has 0 saturated carbocycles. The van der Waals surface area contributed by atoms with Gasteiger partial charge in [-0.2, -0.15) is 0 Å². The van der Waals surface area contributed by atoms with Gasteiger partial charge in [0.15, 0.2) is 0 Å². The molecule has 0 radical (unpaired) electrons. The quantitative estimate of drug-likeness (QED) is 0.632. The van der Waals surface area contributed by atoms with Crippen LogP contribution in [0.25, 0.3) is 0 Å². The van der Waals surface area contributed by atoms with Crippen molar-refractivity contribution < 1.29 is 14.6 Å². The highest BCUT2D eigenvalue weighted by atomic mass is 16.5. The SMILES string of the molecule is Cc1ccc(C(=O)NCCOC(C)C)cc1C#CCO. The molecule has 0 aliphatic heterocycles. The van der Waals surface area contributed by atoms with Gasteiger partial charge in [0.05, 0.1) is 12.7 Å². The largest absolute Gasteiger partial charge is 0.384 e. The number of hydrogen-bond donors (Lipinski definition) is 2. The van der Waals surface area contributed by atoms with E-state index in [9.17, 15) is 4.79 Å². The molecule has 0 bridgehead atoms. The lowest BCUT2D eigenvalue weighted by molar-refractivity contribution is 0.0746. The normalized spacial score (nSPS) is 10.1. The van der Waals surface area contributed by atoms with Gasteiger partial charge in [-0.3, -0.25) is 4.79 Å². The second-order valence-electron chi connectivity index (χ2n) is 4.67. The zero-order chi connectivity index (χ0) is 15.0. The molecule has 0 saturated heterocycles. The molecule has 4 heteroatoms. The number of aliphatic hydroxyl groups is 1. The van der Waals surface area contributed by atoms with Gasteiger partial charge in [-0.15, -0.1) is 0 Å². The number of benzene rings is 1. The van der Waals surface area contributed by atoms with E-state index >= 15 is 0 Å². The van der Waals surface area contributed by atoms with E-state index in [2.05, 4.69) is 17.2 Å². The monoisotopic (exact) mass is 275 g/mol. The number of aliphatic hydroxyl groups excluding tert-OH is 1. The highest BCUT2D eigenvalue weighted by Crippen LogP contribution is 2.10. The van der Waals surface area contributed by atoms with Crippen molar-refractivity contribution in [1.82, 2.24) is 5.32 Å². The lowest BCUT2D eigenvalue weighted by Crippen LogP contribution is -2.28. The van der Waals surface area contributed by atoms with Gasteiger partial charge in [-0.25, -0.2) is 0 Å². The van der Waals surface area contributed by atoms with Gasteiger partial charge in [-0.05, 0) is 38.5 Å². The topological polar surface area (TPSA) is 58.6 Å². The highest BCUT2D eigenvalue weighted by molar-refractivity contribution is 5.94. The third-order valence-corrected chi connectivity index (χ3v) is 2.64. The van der Waals surface area contributed by atoms with E-state index in [0.29, 0.717) is 18.7 Å². The van der Waals surface area contributed by atoms with Crippen molar-refractivity contribution in [1.29, 1.82) is 0 Å². The van der Waals surface area contributed by atoms with Crippen LogP contribution in [0.1, 0.15) is 35.3 Å². The summed E-state index contributed by atoms with van der Waals surface area (Å²) >= 11 is 0. The van der Waals surface area contributed by atoms with Crippen molar-refractivity contribution >= 4 is 5.91 Å². The van der Waals surface area contributed by atoms with Crippen molar-refractivity contribution in [3.05, 3.63) is 34.9 Å². The maximum absolute atomic E-state index is 12.0. The van der Waals surface area contributed by atoms with Gasteiger partial charge in [0.1, 0.15) is 6.61 Å². The molecule has 2 N–H and O–H groups in total. The molecule has 0 aliphatic rings. The molecule has 20 heavy (non-hydrogen) atoms. The van der Waals surface area contributed by atoms with E-state index < -0.39 is 0 Å². The molecule has 0 unspecified atom stereocenters. The second kappa shape index (κ2) is 8.36. The van der Waals surface area contributed by atoms with Crippen LogP contribution in [0.2, 0.25) is 0 Å². The van der Waals surface area contributed by atoms with Crippen molar-refractivity contribution in [3.63, 3.8) is 0 Å². The van der Waals surface area contributed by atoms with Gasteiger partial charge < -0.3 is 15.2 Å². The van der Waals surface area contributed by atoms with Gasteiger partial charge in [0, 0.05) is 17.7 Å². The molecule has 1 amide bonds.